The number of guanidine groups is 1. The van der Waals surface area contributed by atoms with Crippen LogP contribution in [0, 0.1) is 0 Å². The zero-order valence-corrected chi connectivity index (χ0v) is 22.3. The lowest BCUT2D eigenvalue weighted by Crippen LogP contribution is -2.58. The fourth-order valence-corrected chi connectivity index (χ4v) is 3.94. The molecule has 2 rings (SSSR count). The van der Waals surface area contributed by atoms with Gasteiger partial charge in [0.1, 0.15) is 18.1 Å². The van der Waals surface area contributed by atoms with Gasteiger partial charge in [-0.15, -0.1) is 0 Å². The Kier molecular flexibility index (Phi) is 12.5. The summed E-state index contributed by atoms with van der Waals surface area (Å²) in [5, 5.41) is 27.1. The van der Waals surface area contributed by atoms with Gasteiger partial charge in [-0.1, -0.05) is 18.2 Å². The average Bonchev–Trinajstić information content (AvgIpc) is 3.33. The number of carboxylic acid groups (broad SMARTS) is 1. The standard InChI is InChI=1S/C25H37N9O7/c26-15(5-3-9-30-25(28)29)21(37)33-18(10-13-11-31-16-6-2-1-4-14(13)16)22(38)34-19(12-35)23(39)32-17(24(40)41)7-8-20(27)36/h1-2,4,6,11,15,17-19,31,35H,3,5,7-10,12,26H2,(H2,27,36)(H,32,39)(H,33,37)(H,34,38)(H,40,41)(H4,28,29,30). The van der Waals surface area contributed by atoms with Crippen molar-refractivity contribution in [1.82, 2.24) is 20.9 Å². The molecule has 16 heteroatoms. The minimum atomic E-state index is -1.56. The molecule has 4 amide bonds. The normalized spacial score (nSPS) is 13.8. The number of aliphatic imine (C=N–C) groups is 1. The smallest absolute Gasteiger partial charge is 0.326 e. The van der Waals surface area contributed by atoms with E-state index in [-0.39, 0.29) is 38.2 Å². The molecule has 14 N–H and O–H groups in total. The number of hydrogen-bond acceptors (Lipinski definition) is 8. The lowest BCUT2D eigenvalue weighted by molar-refractivity contribution is -0.143. The number of aromatic nitrogens is 1. The fraction of sp³-hybridized carbons (Fsp3) is 0.440. The molecular formula is C25H37N9O7. The molecule has 0 saturated carbocycles. The molecule has 41 heavy (non-hydrogen) atoms. The summed E-state index contributed by atoms with van der Waals surface area (Å²) in [6.07, 6.45) is 1.70. The first-order valence-electron chi connectivity index (χ1n) is 12.8. The summed E-state index contributed by atoms with van der Waals surface area (Å²) in [5.74, 6) is -4.76. The van der Waals surface area contributed by atoms with Crippen LogP contribution in [0.3, 0.4) is 0 Å². The zero-order valence-electron chi connectivity index (χ0n) is 22.3. The maximum absolute atomic E-state index is 13.3. The SMILES string of the molecule is NC(=O)CCC(NC(=O)C(CO)NC(=O)C(Cc1c[nH]c2ccccc12)NC(=O)C(N)CCCN=C(N)N)C(=O)O. The van der Waals surface area contributed by atoms with Crippen molar-refractivity contribution in [1.29, 1.82) is 0 Å². The van der Waals surface area contributed by atoms with Crippen LogP contribution in [0.2, 0.25) is 0 Å². The Morgan fingerprint density at radius 2 is 1.54 bits per heavy atom. The van der Waals surface area contributed by atoms with Crippen LogP contribution in [0.4, 0.5) is 0 Å². The molecule has 1 heterocycles. The zero-order chi connectivity index (χ0) is 30.5. The van der Waals surface area contributed by atoms with Crippen LogP contribution < -0.4 is 38.9 Å². The number of nitrogens with zero attached hydrogens (tertiary/aromatic N) is 1. The van der Waals surface area contributed by atoms with Crippen molar-refractivity contribution in [2.75, 3.05) is 13.2 Å². The second kappa shape index (κ2) is 15.8. The van der Waals surface area contributed by atoms with Crippen LogP contribution in [0.1, 0.15) is 31.2 Å². The molecule has 1 aromatic heterocycles. The summed E-state index contributed by atoms with van der Waals surface area (Å²) in [6, 6.07) is 2.03. The molecule has 0 spiro atoms. The predicted molar refractivity (Wildman–Crippen MR) is 149 cm³/mol. The third-order valence-electron chi connectivity index (χ3n) is 6.15. The lowest BCUT2D eigenvalue weighted by Gasteiger charge is -2.24. The number of nitrogens with one attached hydrogen (secondary N) is 4. The topological polar surface area (TPSA) is 294 Å². The Morgan fingerprint density at radius 3 is 2.17 bits per heavy atom. The number of carboxylic acids is 1. The number of hydrogen-bond donors (Lipinski definition) is 10. The highest BCUT2D eigenvalue weighted by Gasteiger charge is 2.30. The summed E-state index contributed by atoms with van der Waals surface area (Å²) in [5.41, 5.74) is 23.1. The number of aliphatic hydroxyl groups excluding tert-OH is 1. The number of aromatic amines is 1. The summed E-state index contributed by atoms with van der Waals surface area (Å²) in [4.78, 5) is 68.3. The summed E-state index contributed by atoms with van der Waals surface area (Å²) < 4.78 is 0. The number of primary amides is 1. The summed E-state index contributed by atoms with van der Waals surface area (Å²) >= 11 is 0. The van der Waals surface area contributed by atoms with E-state index in [0.717, 1.165) is 10.9 Å². The highest BCUT2D eigenvalue weighted by atomic mass is 16.4. The number of amides is 4. The molecule has 0 fully saturated rings. The van der Waals surface area contributed by atoms with E-state index in [1.54, 1.807) is 6.20 Å². The first-order valence-corrected chi connectivity index (χ1v) is 12.8. The van der Waals surface area contributed by atoms with E-state index in [4.69, 9.17) is 22.9 Å². The van der Waals surface area contributed by atoms with Gasteiger partial charge in [-0.05, 0) is 30.9 Å². The monoisotopic (exact) mass is 575 g/mol. The minimum absolute atomic E-state index is 0.00155. The van der Waals surface area contributed by atoms with E-state index in [2.05, 4.69) is 25.9 Å². The van der Waals surface area contributed by atoms with Gasteiger partial charge in [0.05, 0.1) is 12.6 Å². The molecule has 0 saturated heterocycles. The number of carbonyl (C=O) groups is 5. The second-order valence-electron chi connectivity index (χ2n) is 9.33. The molecule has 0 aliphatic carbocycles. The van der Waals surface area contributed by atoms with E-state index >= 15 is 0 Å². The van der Waals surface area contributed by atoms with Gasteiger partial charge in [0, 0.05) is 36.5 Å². The van der Waals surface area contributed by atoms with E-state index in [0.29, 0.717) is 12.0 Å². The van der Waals surface area contributed by atoms with E-state index in [9.17, 15) is 34.2 Å². The number of rotatable bonds is 17. The van der Waals surface area contributed by atoms with Crippen molar-refractivity contribution in [3.8, 4) is 0 Å². The van der Waals surface area contributed by atoms with Crippen LogP contribution in [-0.4, -0.2) is 88.1 Å². The van der Waals surface area contributed by atoms with E-state index < -0.39 is 60.4 Å². The maximum Gasteiger partial charge on any atom is 0.326 e. The first kappa shape index (κ1) is 32.5. The van der Waals surface area contributed by atoms with Crippen LogP contribution in [-0.2, 0) is 30.4 Å². The van der Waals surface area contributed by atoms with Gasteiger partial charge in [0.15, 0.2) is 5.96 Å². The number of aliphatic hydroxyl groups is 1. The Balaban J connectivity index is 2.18. The maximum atomic E-state index is 13.3. The van der Waals surface area contributed by atoms with Crippen molar-refractivity contribution in [2.45, 2.75) is 56.3 Å². The van der Waals surface area contributed by atoms with Crippen molar-refractivity contribution < 1.29 is 34.2 Å². The van der Waals surface area contributed by atoms with E-state index in [1.165, 1.54) is 0 Å². The van der Waals surface area contributed by atoms with Crippen molar-refractivity contribution in [3.63, 3.8) is 0 Å². The molecule has 0 aliphatic rings. The molecule has 224 valence electrons. The van der Waals surface area contributed by atoms with Gasteiger partial charge in [-0.3, -0.25) is 24.2 Å². The molecule has 4 unspecified atom stereocenters. The van der Waals surface area contributed by atoms with Crippen LogP contribution in [0.25, 0.3) is 10.9 Å². The summed E-state index contributed by atoms with van der Waals surface area (Å²) in [7, 11) is 0. The van der Waals surface area contributed by atoms with E-state index in [1.807, 2.05) is 24.3 Å². The molecule has 4 atom stereocenters. The average molecular weight is 576 g/mol. The number of para-hydroxylation sites is 1. The van der Waals surface area contributed by atoms with Crippen LogP contribution in [0.5, 0.6) is 0 Å². The van der Waals surface area contributed by atoms with Crippen molar-refractivity contribution in [3.05, 3.63) is 36.0 Å². The second-order valence-corrected chi connectivity index (χ2v) is 9.33. The molecule has 0 aliphatic heterocycles. The number of carbonyl (C=O) groups excluding carboxylic acids is 4. The number of benzene rings is 1. The molecule has 2 aromatic rings. The molecular weight excluding hydrogens is 538 g/mol. The van der Waals surface area contributed by atoms with Crippen LogP contribution in [0.15, 0.2) is 35.5 Å². The van der Waals surface area contributed by atoms with Gasteiger partial charge in [0.25, 0.3) is 0 Å². The molecule has 0 bridgehead atoms. The largest absolute Gasteiger partial charge is 0.480 e. The van der Waals surface area contributed by atoms with Gasteiger partial charge >= 0.3 is 5.97 Å². The molecule has 16 nitrogen and oxygen atoms in total. The minimum Gasteiger partial charge on any atom is -0.480 e. The first-order chi connectivity index (χ1) is 19.4. The summed E-state index contributed by atoms with van der Waals surface area (Å²) in [6.45, 7) is -0.621. The number of H-pyrrole nitrogens is 1. The Bertz CT molecular complexity index is 1260. The van der Waals surface area contributed by atoms with Gasteiger partial charge in [0.2, 0.25) is 23.6 Å². The predicted octanol–water partition coefficient (Wildman–Crippen LogP) is -3.11. The fourth-order valence-electron chi connectivity index (χ4n) is 3.94. The van der Waals surface area contributed by atoms with Gasteiger partial charge < -0.3 is 54.1 Å². The highest BCUT2D eigenvalue weighted by Crippen LogP contribution is 2.19. The third-order valence-corrected chi connectivity index (χ3v) is 6.15. The van der Waals surface area contributed by atoms with Crippen molar-refractivity contribution in [2.24, 2.45) is 27.9 Å². The number of fused-ring (bicyclic) bond motifs is 1. The van der Waals surface area contributed by atoms with Crippen molar-refractivity contribution >= 4 is 46.5 Å². The van der Waals surface area contributed by atoms with Crippen LogP contribution >= 0.6 is 0 Å². The lowest BCUT2D eigenvalue weighted by atomic mass is 10.0. The van der Waals surface area contributed by atoms with Gasteiger partial charge in [-0.25, -0.2) is 4.79 Å². The molecule has 1 aromatic carbocycles. The number of aliphatic carboxylic acids is 1. The number of nitrogens with two attached hydrogens (primary N) is 4. The quantitative estimate of drug-likeness (QED) is 0.0514. The Morgan fingerprint density at radius 1 is 0.902 bits per heavy atom. The third kappa shape index (κ3) is 10.4. The van der Waals surface area contributed by atoms with Gasteiger partial charge in [-0.2, -0.15) is 0 Å². The Hall–Kier alpha value is -4.70. The Labute approximate surface area is 235 Å². The molecule has 0 radical (unpaired) electrons. The highest BCUT2D eigenvalue weighted by molar-refractivity contribution is 5.95.